The molecular formula is C9H14N4. The van der Waals surface area contributed by atoms with Crippen LogP contribution in [0.15, 0.2) is 12.3 Å². The molecule has 1 N–H and O–H groups in total. The average molecular weight is 178 g/mol. The molecule has 0 atom stereocenters. The van der Waals surface area contributed by atoms with Gasteiger partial charge in [0.1, 0.15) is 0 Å². The molecule has 0 radical (unpaired) electrons. The highest BCUT2D eigenvalue weighted by molar-refractivity contribution is 5.31. The lowest BCUT2D eigenvalue weighted by molar-refractivity contribution is 0.424. The second-order valence-corrected chi connectivity index (χ2v) is 3.42. The first-order chi connectivity index (χ1) is 6.27. The maximum atomic E-state index is 4.36. The van der Waals surface area contributed by atoms with E-state index in [1.54, 1.807) is 6.20 Å². The van der Waals surface area contributed by atoms with Crippen LogP contribution in [0.5, 0.6) is 0 Å². The maximum Gasteiger partial charge on any atom is 0.225 e. The third-order valence-corrected chi connectivity index (χ3v) is 2.41. The molecule has 0 aromatic carbocycles. The molecule has 0 amide bonds. The summed E-state index contributed by atoms with van der Waals surface area (Å²) in [6, 6.07) is 2.47. The molecule has 70 valence electrons. The Morgan fingerprint density at radius 2 is 2.31 bits per heavy atom. The van der Waals surface area contributed by atoms with Gasteiger partial charge >= 0.3 is 0 Å². The lowest BCUT2D eigenvalue weighted by Crippen LogP contribution is -2.56. The van der Waals surface area contributed by atoms with Crippen molar-refractivity contribution < 1.29 is 0 Å². The SMILES string of the molecule is Cc1ccnc(N(C)C2CNC2)n1. The summed E-state index contributed by atoms with van der Waals surface area (Å²) in [6.45, 7) is 4.06. The van der Waals surface area contributed by atoms with Gasteiger partial charge in [0, 0.05) is 32.0 Å². The zero-order valence-electron chi connectivity index (χ0n) is 7.99. The van der Waals surface area contributed by atoms with Crippen LogP contribution < -0.4 is 10.2 Å². The van der Waals surface area contributed by atoms with Crippen molar-refractivity contribution in [2.75, 3.05) is 25.0 Å². The molecule has 2 heterocycles. The number of hydrogen-bond donors (Lipinski definition) is 1. The number of nitrogens with one attached hydrogen (secondary N) is 1. The Kier molecular flexibility index (Phi) is 2.14. The smallest absolute Gasteiger partial charge is 0.225 e. The van der Waals surface area contributed by atoms with Gasteiger partial charge in [-0.2, -0.15) is 0 Å². The van der Waals surface area contributed by atoms with Crippen molar-refractivity contribution in [1.29, 1.82) is 0 Å². The molecule has 13 heavy (non-hydrogen) atoms. The van der Waals surface area contributed by atoms with Crippen molar-refractivity contribution in [1.82, 2.24) is 15.3 Å². The Bertz CT molecular complexity index is 295. The minimum atomic E-state index is 0.557. The van der Waals surface area contributed by atoms with Crippen LogP contribution in [-0.4, -0.2) is 36.1 Å². The number of rotatable bonds is 2. The first kappa shape index (κ1) is 8.44. The number of aryl methyl sites for hydroxylation is 1. The van der Waals surface area contributed by atoms with E-state index in [-0.39, 0.29) is 0 Å². The van der Waals surface area contributed by atoms with Crippen molar-refractivity contribution in [2.45, 2.75) is 13.0 Å². The lowest BCUT2D eigenvalue weighted by atomic mass is 10.1. The van der Waals surface area contributed by atoms with Crippen LogP contribution in [0.1, 0.15) is 5.69 Å². The lowest BCUT2D eigenvalue weighted by Gasteiger charge is -2.35. The topological polar surface area (TPSA) is 41.1 Å². The van der Waals surface area contributed by atoms with Gasteiger partial charge in [-0.15, -0.1) is 0 Å². The molecule has 4 nitrogen and oxygen atoms in total. The zero-order chi connectivity index (χ0) is 9.26. The van der Waals surface area contributed by atoms with Crippen molar-refractivity contribution >= 4 is 5.95 Å². The normalized spacial score (nSPS) is 16.8. The Morgan fingerprint density at radius 1 is 1.54 bits per heavy atom. The van der Waals surface area contributed by atoms with E-state index in [0.29, 0.717) is 6.04 Å². The molecule has 1 fully saturated rings. The van der Waals surface area contributed by atoms with E-state index in [1.807, 2.05) is 20.0 Å². The number of aromatic nitrogens is 2. The van der Waals surface area contributed by atoms with Crippen LogP contribution in [0.2, 0.25) is 0 Å². The summed E-state index contributed by atoms with van der Waals surface area (Å²) in [6.07, 6.45) is 1.81. The second kappa shape index (κ2) is 3.30. The first-order valence-electron chi connectivity index (χ1n) is 4.50. The summed E-state index contributed by atoms with van der Waals surface area (Å²) in [7, 11) is 2.04. The molecule has 2 rings (SSSR count). The fraction of sp³-hybridized carbons (Fsp3) is 0.556. The quantitative estimate of drug-likeness (QED) is 0.702. The summed E-state index contributed by atoms with van der Waals surface area (Å²) in [5.74, 6) is 0.825. The van der Waals surface area contributed by atoms with E-state index in [2.05, 4.69) is 20.2 Å². The Labute approximate surface area is 78.0 Å². The molecule has 4 heteroatoms. The summed E-state index contributed by atoms with van der Waals surface area (Å²) in [5.41, 5.74) is 1.02. The molecule has 1 aliphatic rings. The van der Waals surface area contributed by atoms with E-state index < -0.39 is 0 Å². The summed E-state index contributed by atoms with van der Waals surface area (Å²) in [4.78, 5) is 10.7. The predicted octanol–water partition coefficient (Wildman–Crippen LogP) is 0.193. The van der Waals surface area contributed by atoms with Gasteiger partial charge in [0.2, 0.25) is 5.95 Å². The van der Waals surface area contributed by atoms with Crippen molar-refractivity contribution in [3.05, 3.63) is 18.0 Å². The summed E-state index contributed by atoms with van der Waals surface area (Å²) >= 11 is 0. The van der Waals surface area contributed by atoms with Gasteiger partial charge in [-0.25, -0.2) is 9.97 Å². The van der Waals surface area contributed by atoms with Gasteiger partial charge in [0.15, 0.2) is 0 Å². The van der Waals surface area contributed by atoms with Crippen LogP contribution in [0.25, 0.3) is 0 Å². The predicted molar refractivity (Wildman–Crippen MR) is 51.8 cm³/mol. The molecule has 1 aromatic heterocycles. The van der Waals surface area contributed by atoms with Gasteiger partial charge in [0.05, 0.1) is 6.04 Å². The highest BCUT2D eigenvalue weighted by Gasteiger charge is 2.22. The fourth-order valence-corrected chi connectivity index (χ4v) is 1.32. The van der Waals surface area contributed by atoms with Crippen LogP contribution in [-0.2, 0) is 0 Å². The van der Waals surface area contributed by atoms with Crippen molar-refractivity contribution in [2.24, 2.45) is 0 Å². The van der Waals surface area contributed by atoms with Gasteiger partial charge in [-0.1, -0.05) is 0 Å². The molecule has 1 aliphatic heterocycles. The molecule has 0 unspecified atom stereocenters. The van der Waals surface area contributed by atoms with Crippen LogP contribution in [0, 0.1) is 6.92 Å². The van der Waals surface area contributed by atoms with E-state index >= 15 is 0 Å². The number of nitrogens with zero attached hydrogens (tertiary/aromatic N) is 3. The van der Waals surface area contributed by atoms with Gasteiger partial charge in [-0.05, 0) is 13.0 Å². The number of likely N-dealkylation sites (N-methyl/N-ethyl adjacent to an activating group) is 1. The van der Waals surface area contributed by atoms with Crippen LogP contribution >= 0.6 is 0 Å². The molecule has 0 bridgehead atoms. The molecule has 1 saturated heterocycles. The largest absolute Gasteiger partial charge is 0.338 e. The number of hydrogen-bond acceptors (Lipinski definition) is 4. The highest BCUT2D eigenvalue weighted by Crippen LogP contribution is 2.11. The molecule has 0 saturated carbocycles. The van der Waals surface area contributed by atoms with E-state index in [9.17, 15) is 0 Å². The third kappa shape index (κ3) is 1.62. The Balaban J connectivity index is 2.14. The monoisotopic (exact) mass is 178 g/mol. The van der Waals surface area contributed by atoms with Crippen molar-refractivity contribution in [3.8, 4) is 0 Å². The van der Waals surface area contributed by atoms with E-state index in [4.69, 9.17) is 0 Å². The minimum Gasteiger partial charge on any atom is -0.338 e. The minimum absolute atomic E-state index is 0.557. The number of anilines is 1. The third-order valence-electron chi connectivity index (χ3n) is 2.41. The standard InChI is InChI=1S/C9H14N4/c1-7-3-4-11-9(12-7)13(2)8-5-10-6-8/h3-4,8,10H,5-6H2,1-2H3. The summed E-state index contributed by atoms with van der Waals surface area (Å²) in [5, 5.41) is 3.23. The Morgan fingerprint density at radius 3 is 2.85 bits per heavy atom. The Hall–Kier alpha value is -1.16. The molecule has 1 aromatic rings. The van der Waals surface area contributed by atoms with E-state index in [0.717, 1.165) is 24.7 Å². The molecular weight excluding hydrogens is 164 g/mol. The van der Waals surface area contributed by atoms with Gasteiger partial charge < -0.3 is 10.2 Å². The van der Waals surface area contributed by atoms with E-state index in [1.165, 1.54) is 0 Å². The van der Waals surface area contributed by atoms with Gasteiger partial charge in [0.25, 0.3) is 0 Å². The van der Waals surface area contributed by atoms with Crippen LogP contribution in [0.3, 0.4) is 0 Å². The fourth-order valence-electron chi connectivity index (χ4n) is 1.32. The van der Waals surface area contributed by atoms with Gasteiger partial charge in [-0.3, -0.25) is 0 Å². The maximum absolute atomic E-state index is 4.36. The highest BCUT2D eigenvalue weighted by atomic mass is 15.3. The molecule has 0 aliphatic carbocycles. The summed E-state index contributed by atoms with van der Waals surface area (Å²) < 4.78 is 0. The second-order valence-electron chi connectivity index (χ2n) is 3.42. The molecule has 0 spiro atoms. The first-order valence-corrected chi connectivity index (χ1v) is 4.50. The van der Waals surface area contributed by atoms with Crippen molar-refractivity contribution in [3.63, 3.8) is 0 Å². The average Bonchev–Trinajstić information content (AvgIpc) is 2.01. The van der Waals surface area contributed by atoms with Crippen LogP contribution in [0.4, 0.5) is 5.95 Å². The zero-order valence-corrected chi connectivity index (χ0v) is 7.99.